The summed E-state index contributed by atoms with van der Waals surface area (Å²) in [6.07, 6.45) is 1.39. The Bertz CT molecular complexity index is 400. The second kappa shape index (κ2) is 3.72. The third kappa shape index (κ3) is 1.21. The Hall–Kier alpha value is -1.06. The average molecular weight is 253 g/mol. The van der Waals surface area contributed by atoms with E-state index in [9.17, 15) is 9.59 Å². The minimum absolute atomic E-state index is 0.0212. The normalized spacial score (nSPS) is 36.6. The van der Waals surface area contributed by atoms with E-state index in [1.807, 2.05) is 34.6 Å². The van der Waals surface area contributed by atoms with Gasteiger partial charge in [0.25, 0.3) is 5.91 Å². The lowest BCUT2D eigenvalue weighted by molar-refractivity contribution is -0.173. The van der Waals surface area contributed by atoms with Gasteiger partial charge in [-0.2, -0.15) is 0 Å². The van der Waals surface area contributed by atoms with Gasteiger partial charge in [-0.1, -0.05) is 13.8 Å². The highest BCUT2D eigenvalue weighted by atomic mass is 16.6. The Morgan fingerprint density at radius 1 is 1.22 bits per heavy atom. The molecule has 4 nitrogen and oxygen atoms in total. The predicted molar refractivity (Wildman–Crippen MR) is 67.9 cm³/mol. The molecule has 4 heteroatoms. The summed E-state index contributed by atoms with van der Waals surface area (Å²) in [5, 5.41) is 0. The van der Waals surface area contributed by atoms with Crippen LogP contribution in [0.2, 0.25) is 0 Å². The minimum Gasteiger partial charge on any atom is -0.448 e. The molecule has 0 spiro atoms. The van der Waals surface area contributed by atoms with Crippen molar-refractivity contribution in [2.45, 2.75) is 53.1 Å². The highest BCUT2D eigenvalue weighted by Crippen LogP contribution is 2.65. The molecule has 1 aliphatic heterocycles. The number of carbonyl (C=O) groups excluding carboxylic acids is 2. The Labute approximate surface area is 109 Å². The lowest BCUT2D eigenvalue weighted by atomic mass is 9.66. The number of fused-ring (bicyclic) bond motifs is 2. The maximum Gasteiger partial charge on any atom is 0.313 e. The number of ether oxygens (including phenoxy) is 1. The average Bonchev–Trinajstić information content (AvgIpc) is 2.61. The Morgan fingerprint density at radius 3 is 2.11 bits per heavy atom. The Morgan fingerprint density at radius 2 is 1.78 bits per heavy atom. The van der Waals surface area contributed by atoms with Gasteiger partial charge in [-0.05, 0) is 33.6 Å². The van der Waals surface area contributed by atoms with Crippen molar-refractivity contribution in [2.24, 2.45) is 10.8 Å². The molecule has 2 bridgehead atoms. The number of hydrogen-bond acceptors (Lipinski definition) is 3. The molecule has 0 aromatic rings. The van der Waals surface area contributed by atoms with E-state index >= 15 is 0 Å². The Balaban J connectivity index is 2.44. The number of likely N-dealkylation sites (N-methyl/N-ethyl adjacent to an activating group) is 1. The summed E-state index contributed by atoms with van der Waals surface area (Å²) in [7, 11) is 0. The van der Waals surface area contributed by atoms with E-state index in [-0.39, 0.29) is 11.9 Å². The second-order valence-electron chi connectivity index (χ2n) is 6.15. The summed E-state index contributed by atoms with van der Waals surface area (Å²) < 4.78 is 5.58. The van der Waals surface area contributed by atoms with E-state index in [0.717, 1.165) is 6.42 Å². The Kier molecular flexibility index (Phi) is 2.76. The minimum atomic E-state index is -0.940. The van der Waals surface area contributed by atoms with Gasteiger partial charge in [-0.3, -0.25) is 9.59 Å². The van der Waals surface area contributed by atoms with Crippen molar-refractivity contribution < 1.29 is 14.3 Å². The fourth-order valence-electron chi connectivity index (χ4n) is 3.49. The first-order valence-corrected chi connectivity index (χ1v) is 6.79. The van der Waals surface area contributed by atoms with E-state index in [1.54, 1.807) is 4.90 Å². The maximum absolute atomic E-state index is 12.7. The molecular weight excluding hydrogens is 230 g/mol. The highest BCUT2D eigenvalue weighted by Gasteiger charge is 2.76. The highest BCUT2D eigenvalue weighted by molar-refractivity contribution is 5.96. The number of esters is 1. The number of hydrogen-bond donors (Lipinski definition) is 0. The topological polar surface area (TPSA) is 46.6 Å². The third-order valence-electron chi connectivity index (χ3n) is 5.48. The molecule has 0 aromatic heterocycles. The van der Waals surface area contributed by atoms with Crippen molar-refractivity contribution in [3.63, 3.8) is 0 Å². The molecule has 2 fully saturated rings. The molecule has 1 saturated carbocycles. The first-order chi connectivity index (χ1) is 8.27. The molecule has 1 heterocycles. The molecule has 0 aromatic carbocycles. The van der Waals surface area contributed by atoms with Crippen LogP contribution in [0.4, 0.5) is 0 Å². The van der Waals surface area contributed by atoms with Gasteiger partial charge in [-0.15, -0.1) is 0 Å². The van der Waals surface area contributed by atoms with E-state index < -0.39 is 16.4 Å². The molecule has 0 N–H and O–H groups in total. The van der Waals surface area contributed by atoms with Gasteiger partial charge in [0.15, 0.2) is 5.60 Å². The SMILES string of the molecule is CCN(CC)C(=O)[C@@]12CC[C@](C)(C(=O)O1)C2(C)C. The first-order valence-electron chi connectivity index (χ1n) is 6.79. The summed E-state index contributed by atoms with van der Waals surface area (Å²) in [6, 6.07) is 0. The molecule has 0 radical (unpaired) electrons. The molecule has 2 rings (SSSR count). The van der Waals surface area contributed by atoms with Crippen LogP contribution in [-0.2, 0) is 14.3 Å². The number of carbonyl (C=O) groups is 2. The van der Waals surface area contributed by atoms with Gasteiger partial charge in [0.1, 0.15) is 0 Å². The summed E-state index contributed by atoms with van der Waals surface area (Å²) >= 11 is 0. The maximum atomic E-state index is 12.7. The first kappa shape index (κ1) is 13.4. The fraction of sp³-hybridized carbons (Fsp3) is 0.857. The van der Waals surface area contributed by atoms with Gasteiger partial charge in [0, 0.05) is 18.5 Å². The van der Waals surface area contributed by atoms with Crippen LogP contribution in [0, 0.1) is 10.8 Å². The van der Waals surface area contributed by atoms with E-state index in [1.165, 1.54) is 0 Å². The lowest BCUT2D eigenvalue weighted by Gasteiger charge is -2.38. The van der Waals surface area contributed by atoms with E-state index in [4.69, 9.17) is 4.74 Å². The van der Waals surface area contributed by atoms with Crippen molar-refractivity contribution in [1.29, 1.82) is 0 Å². The zero-order valence-corrected chi connectivity index (χ0v) is 12.0. The zero-order valence-electron chi connectivity index (χ0n) is 12.0. The molecule has 1 amide bonds. The monoisotopic (exact) mass is 253 g/mol. The van der Waals surface area contributed by atoms with E-state index in [2.05, 4.69) is 0 Å². The fourth-order valence-corrected chi connectivity index (χ4v) is 3.49. The van der Waals surface area contributed by atoms with Crippen LogP contribution in [0.15, 0.2) is 0 Å². The number of rotatable bonds is 3. The van der Waals surface area contributed by atoms with Gasteiger partial charge in [0.05, 0.1) is 5.41 Å². The van der Waals surface area contributed by atoms with Gasteiger partial charge < -0.3 is 9.64 Å². The summed E-state index contributed by atoms with van der Waals surface area (Å²) in [5.74, 6) is -0.230. The van der Waals surface area contributed by atoms with Crippen molar-refractivity contribution in [1.82, 2.24) is 4.90 Å². The van der Waals surface area contributed by atoms with Crippen LogP contribution in [0.1, 0.15) is 47.5 Å². The summed E-state index contributed by atoms with van der Waals surface area (Å²) in [6.45, 7) is 11.1. The van der Waals surface area contributed by atoms with Crippen molar-refractivity contribution in [3.8, 4) is 0 Å². The standard InChI is InChI=1S/C14H23NO3/c1-6-15(7-2)10(16)14-9-8-13(5,11(17)18-14)12(14,3)4/h6-9H2,1-5H3/t13-,14-/m1/s1. The van der Waals surface area contributed by atoms with Crippen molar-refractivity contribution in [2.75, 3.05) is 13.1 Å². The summed E-state index contributed by atoms with van der Waals surface area (Å²) in [4.78, 5) is 26.6. The molecule has 2 atom stereocenters. The second-order valence-corrected chi connectivity index (χ2v) is 6.15. The largest absolute Gasteiger partial charge is 0.448 e. The number of nitrogens with zero attached hydrogens (tertiary/aromatic N) is 1. The number of amides is 1. The molecular formula is C14H23NO3. The van der Waals surface area contributed by atoms with Crippen LogP contribution < -0.4 is 0 Å². The molecule has 102 valence electrons. The van der Waals surface area contributed by atoms with Crippen LogP contribution in [0.25, 0.3) is 0 Å². The van der Waals surface area contributed by atoms with Crippen LogP contribution in [0.3, 0.4) is 0 Å². The van der Waals surface area contributed by atoms with Gasteiger partial charge in [0.2, 0.25) is 0 Å². The van der Waals surface area contributed by atoms with Crippen LogP contribution in [-0.4, -0.2) is 35.5 Å². The predicted octanol–water partition coefficient (Wildman–Crippen LogP) is 1.98. The van der Waals surface area contributed by atoms with Crippen LogP contribution in [0.5, 0.6) is 0 Å². The van der Waals surface area contributed by atoms with Gasteiger partial charge in [-0.25, -0.2) is 0 Å². The summed E-state index contributed by atoms with van der Waals surface area (Å²) in [5.41, 5.74) is -1.89. The lowest BCUT2D eigenvalue weighted by Crippen LogP contribution is -2.54. The third-order valence-corrected chi connectivity index (χ3v) is 5.48. The van der Waals surface area contributed by atoms with Crippen molar-refractivity contribution >= 4 is 11.9 Å². The smallest absolute Gasteiger partial charge is 0.313 e. The molecule has 18 heavy (non-hydrogen) atoms. The van der Waals surface area contributed by atoms with Gasteiger partial charge >= 0.3 is 5.97 Å². The zero-order chi connectivity index (χ0) is 13.8. The molecule has 0 unspecified atom stereocenters. The van der Waals surface area contributed by atoms with E-state index in [0.29, 0.717) is 19.5 Å². The van der Waals surface area contributed by atoms with Crippen molar-refractivity contribution in [3.05, 3.63) is 0 Å². The molecule has 1 saturated heterocycles. The molecule has 1 aliphatic carbocycles. The molecule has 2 aliphatic rings. The quantitative estimate of drug-likeness (QED) is 0.722. The van der Waals surface area contributed by atoms with Crippen LogP contribution >= 0.6 is 0 Å².